The van der Waals surface area contributed by atoms with Gasteiger partial charge in [0.1, 0.15) is 23.3 Å². The van der Waals surface area contributed by atoms with Crippen molar-refractivity contribution in [3.8, 4) is 11.5 Å². The highest BCUT2D eigenvalue weighted by Crippen LogP contribution is 2.34. The number of hydrogen-bond acceptors (Lipinski definition) is 7. The van der Waals surface area contributed by atoms with Gasteiger partial charge in [0, 0.05) is 12.1 Å². The number of nitrogens with one attached hydrogen (secondary N) is 1. The van der Waals surface area contributed by atoms with Crippen LogP contribution in [0.15, 0.2) is 46.8 Å². The van der Waals surface area contributed by atoms with E-state index in [1.165, 1.54) is 30.2 Å². The van der Waals surface area contributed by atoms with Gasteiger partial charge in [-0.1, -0.05) is 0 Å². The lowest BCUT2D eigenvalue weighted by molar-refractivity contribution is -0.142. The second kappa shape index (κ2) is 9.33. The van der Waals surface area contributed by atoms with Crippen LogP contribution < -0.4 is 14.8 Å². The quantitative estimate of drug-likeness (QED) is 0.599. The van der Waals surface area contributed by atoms with Crippen molar-refractivity contribution in [3.05, 3.63) is 53.7 Å². The van der Waals surface area contributed by atoms with Crippen LogP contribution in [0.4, 0.5) is 0 Å². The summed E-state index contributed by atoms with van der Waals surface area (Å²) in [6.07, 6.45) is 5.17. The van der Waals surface area contributed by atoms with Gasteiger partial charge in [-0.05, 0) is 42.7 Å². The number of rotatable bonds is 9. The van der Waals surface area contributed by atoms with Gasteiger partial charge in [-0.15, -0.1) is 0 Å². The molecule has 152 valence electrons. The third-order valence-electron chi connectivity index (χ3n) is 4.07. The third-order valence-corrected chi connectivity index (χ3v) is 4.72. The minimum atomic E-state index is -1.09. The molecule has 29 heavy (non-hydrogen) atoms. The highest BCUT2D eigenvalue weighted by molar-refractivity contribution is 7.98. The number of thioether (sulfide) groups is 1. The molecule has 1 aliphatic rings. The molecule has 0 aliphatic carbocycles. The van der Waals surface area contributed by atoms with Gasteiger partial charge in [0.15, 0.2) is 12.4 Å². The lowest BCUT2D eigenvalue weighted by Gasteiger charge is -2.14. The Kier molecular flexibility index (Phi) is 6.61. The first-order chi connectivity index (χ1) is 14.0. The number of Topliss-reactive ketones (excluding diaryl/α,β-unsaturated/α-hetero) is 1. The van der Waals surface area contributed by atoms with Gasteiger partial charge in [0.25, 0.3) is 5.91 Å². The largest absolute Gasteiger partial charge is 0.484 e. The molecule has 0 spiro atoms. The van der Waals surface area contributed by atoms with E-state index in [0.29, 0.717) is 35.0 Å². The number of carboxylic acids is 1. The van der Waals surface area contributed by atoms with Crippen molar-refractivity contribution in [2.45, 2.75) is 12.5 Å². The molecule has 1 aromatic carbocycles. The van der Waals surface area contributed by atoms with Crippen molar-refractivity contribution in [1.29, 1.82) is 0 Å². The van der Waals surface area contributed by atoms with Crippen LogP contribution >= 0.6 is 11.8 Å². The van der Waals surface area contributed by atoms with E-state index in [9.17, 15) is 14.4 Å². The lowest BCUT2D eigenvalue weighted by atomic mass is 10.1. The highest BCUT2D eigenvalue weighted by atomic mass is 32.2. The number of ketones is 1. The van der Waals surface area contributed by atoms with E-state index in [2.05, 4.69) is 5.32 Å². The first-order valence-corrected chi connectivity index (χ1v) is 10.1. The van der Waals surface area contributed by atoms with Gasteiger partial charge in [-0.2, -0.15) is 11.8 Å². The molecule has 8 nitrogen and oxygen atoms in total. The number of amides is 1. The molecule has 2 N–H and O–H groups in total. The van der Waals surface area contributed by atoms with E-state index in [4.69, 9.17) is 19.0 Å². The van der Waals surface area contributed by atoms with Crippen LogP contribution in [0.1, 0.15) is 22.5 Å². The fraction of sp³-hybridized carbons (Fsp3) is 0.250. The van der Waals surface area contributed by atoms with Crippen LogP contribution in [-0.4, -0.2) is 47.4 Å². The maximum Gasteiger partial charge on any atom is 0.326 e. The topological polar surface area (TPSA) is 115 Å². The number of furan rings is 1. The SMILES string of the molecule is CSCCC(NC(=O)COc1ccc2c(c1)OC(=Cc1ccco1)C2=O)C(=O)O. The number of ether oxygens (including phenoxy) is 2. The molecule has 3 rings (SSSR count). The molecular weight excluding hydrogens is 398 g/mol. The normalized spacial score (nSPS) is 14.9. The maximum atomic E-state index is 12.4. The molecule has 1 atom stereocenters. The molecule has 1 aromatic heterocycles. The van der Waals surface area contributed by atoms with E-state index in [-0.39, 0.29) is 18.1 Å². The van der Waals surface area contributed by atoms with E-state index < -0.39 is 17.9 Å². The van der Waals surface area contributed by atoms with Gasteiger partial charge in [-0.25, -0.2) is 4.79 Å². The molecule has 0 radical (unpaired) electrons. The fourth-order valence-corrected chi connectivity index (χ4v) is 3.11. The van der Waals surface area contributed by atoms with E-state index in [1.807, 2.05) is 6.26 Å². The summed E-state index contributed by atoms with van der Waals surface area (Å²) in [4.78, 5) is 35.6. The smallest absolute Gasteiger partial charge is 0.326 e. The minimum absolute atomic E-state index is 0.128. The predicted molar refractivity (Wildman–Crippen MR) is 106 cm³/mol. The molecule has 2 aromatic rings. The van der Waals surface area contributed by atoms with Crippen molar-refractivity contribution >= 4 is 35.5 Å². The zero-order chi connectivity index (χ0) is 20.8. The number of carbonyl (C=O) groups is 3. The van der Waals surface area contributed by atoms with Gasteiger partial charge in [0.2, 0.25) is 5.78 Å². The summed E-state index contributed by atoms with van der Waals surface area (Å²) in [6, 6.07) is 7.04. The Morgan fingerprint density at radius 3 is 2.86 bits per heavy atom. The number of carbonyl (C=O) groups excluding carboxylic acids is 2. The van der Waals surface area contributed by atoms with Crippen molar-refractivity contribution < 1.29 is 33.4 Å². The van der Waals surface area contributed by atoms with Crippen LogP contribution in [0.2, 0.25) is 0 Å². The van der Waals surface area contributed by atoms with Crippen molar-refractivity contribution in [2.24, 2.45) is 0 Å². The van der Waals surface area contributed by atoms with Gasteiger partial charge in [-0.3, -0.25) is 9.59 Å². The molecule has 0 bridgehead atoms. The molecule has 2 heterocycles. The van der Waals surface area contributed by atoms with Gasteiger partial charge in [0.05, 0.1) is 11.8 Å². The fourth-order valence-electron chi connectivity index (χ4n) is 2.64. The molecule has 1 unspecified atom stereocenters. The highest BCUT2D eigenvalue weighted by Gasteiger charge is 2.28. The number of aliphatic carboxylic acids is 1. The van der Waals surface area contributed by atoms with Crippen molar-refractivity contribution in [1.82, 2.24) is 5.32 Å². The second-order valence-corrected chi connectivity index (χ2v) is 7.13. The summed E-state index contributed by atoms with van der Waals surface area (Å²) in [7, 11) is 0. The minimum Gasteiger partial charge on any atom is -0.484 e. The van der Waals surface area contributed by atoms with Crippen LogP contribution in [0, 0.1) is 0 Å². The number of carboxylic acid groups (broad SMARTS) is 1. The van der Waals surface area contributed by atoms with Crippen LogP contribution in [0.5, 0.6) is 11.5 Å². The van der Waals surface area contributed by atoms with Crippen molar-refractivity contribution in [3.63, 3.8) is 0 Å². The Labute approximate surface area is 170 Å². The molecule has 0 saturated carbocycles. The average Bonchev–Trinajstić information content (AvgIpc) is 3.31. The molecule has 1 aliphatic heterocycles. The Balaban J connectivity index is 1.60. The Morgan fingerprint density at radius 2 is 2.17 bits per heavy atom. The predicted octanol–water partition coefficient (Wildman–Crippen LogP) is 2.60. The van der Waals surface area contributed by atoms with Gasteiger partial charge >= 0.3 is 5.97 Å². The van der Waals surface area contributed by atoms with Crippen LogP contribution in [0.25, 0.3) is 6.08 Å². The maximum absolute atomic E-state index is 12.4. The second-order valence-electron chi connectivity index (χ2n) is 6.14. The molecule has 0 fully saturated rings. The van der Waals surface area contributed by atoms with E-state index in [0.717, 1.165) is 0 Å². The molecular formula is C20H19NO7S. The zero-order valence-corrected chi connectivity index (χ0v) is 16.4. The summed E-state index contributed by atoms with van der Waals surface area (Å²) in [5, 5.41) is 11.6. The lowest BCUT2D eigenvalue weighted by Crippen LogP contribution is -2.43. The van der Waals surface area contributed by atoms with Crippen LogP contribution in [0.3, 0.4) is 0 Å². The summed E-state index contributed by atoms with van der Waals surface area (Å²) >= 11 is 1.50. The Hall–Kier alpha value is -3.20. The first-order valence-electron chi connectivity index (χ1n) is 8.73. The van der Waals surface area contributed by atoms with Crippen LogP contribution in [-0.2, 0) is 9.59 Å². The zero-order valence-electron chi connectivity index (χ0n) is 15.5. The van der Waals surface area contributed by atoms with Crippen molar-refractivity contribution in [2.75, 3.05) is 18.6 Å². The monoisotopic (exact) mass is 417 g/mol. The third kappa shape index (κ3) is 5.20. The summed E-state index contributed by atoms with van der Waals surface area (Å²) in [6.45, 7) is -0.356. The standard InChI is InChI=1S/C20H19NO7S/c1-29-8-6-15(20(24)25)21-18(22)11-27-13-4-5-14-16(9-13)28-17(19(14)23)10-12-3-2-7-26-12/h2-5,7,9-10,15H,6,8,11H2,1H3,(H,21,22)(H,24,25). The number of hydrogen-bond donors (Lipinski definition) is 2. The average molecular weight is 417 g/mol. The summed E-state index contributed by atoms with van der Waals surface area (Å²) in [5.41, 5.74) is 0.377. The number of allylic oxidation sites excluding steroid dienone is 1. The Bertz CT molecular complexity index is 936. The number of fused-ring (bicyclic) bond motifs is 1. The molecule has 1 amide bonds. The molecule has 0 saturated heterocycles. The van der Waals surface area contributed by atoms with E-state index >= 15 is 0 Å². The van der Waals surface area contributed by atoms with E-state index in [1.54, 1.807) is 24.3 Å². The Morgan fingerprint density at radius 1 is 1.34 bits per heavy atom. The number of benzene rings is 1. The summed E-state index contributed by atoms with van der Waals surface area (Å²) in [5.74, 6) is -0.0501. The van der Waals surface area contributed by atoms with Gasteiger partial charge < -0.3 is 24.3 Å². The summed E-state index contributed by atoms with van der Waals surface area (Å²) < 4.78 is 16.2. The molecule has 9 heteroatoms. The first kappa shape index (κ1) is 20.5.